The topological polar surface area (TPSA) is 43.6 Å². The Balaban J connectivity index is 1.96. The van der Waals surface area contributed by atoms with Crippen molar-refractivity contribution in [3.63, 3.8) is 0 Å². The summed E-state index contributed by atoms with van der Waals surface area (Å²) in [4.78, 5) is 15.3. The standard InChI is InChI=1S/C13H14N4S/c1-9-10(2)18-13-12(9)11(15-7-16-13)3-5-17-6-4-14-8-17/h4,6-8H,3,5H2,1-2H3. The fourth-order valence-corrected chi connectivity index (χ4v) is 3.12. The third kappa shape index (κ3) is 1.90. The Labute approximate surface area is 109 Å². The summed E-state index contributed by atoms with van der Waals surface area (Å²) >= 11 is 1.75. The van der Waals surface area contributed by atoms with E-state index >= 15 is 0 Å². The van der Waals surface area contributed by atoms with Crippen molar-refractivity contribution in [2.75, 3.05) is 0 Å². The zero-order valence-electron chi connectivity index (χ0n) is 10.4. The van der Waals surface area contributed by atoms with E-state index in [0.29, 0.717) is 0 Å². The molecule has 0 aliphatic heterocycles. The van der Waals surface area contributed by atoms with Crippen LogP contribution in [0, 0.1) is 13.8 Å². The first kappa shape index (κ1) is 11.3. The number of nitrogens with zero attached hydrogens (tertiary/aromatic N) is 4. The molecule has 3 aromatic rings. The van der Waals surface area contributed by atoms with E-state index in [2.05, 4.69) is 33.4 Å². The van der Waals surface area contributed by atoms with E-state index in [4.69, 9.17) is 0 Å². The summed E-state index contributed by atoms with van der Waals surface area (Å²) in [6, 6.07) is 0. The maximum Gasteiger partial charge on any atom is 0.127 e. The van der Waals surface area contributed by atoms with Crippen LogP contribution >= 0.6 is 11.3 Å². The van der Waals surface area contributed by atoms with Crippen LogP contribution in [-0.4, -0.2) is 19.5 Å². The molecule has 0 amide bonds. The molecule has 0 radical (unpaired) electrons. The number of fused-ring (bicyclic) bond motifs is 1. The third-order valence-electron chi connectivity index (χ3n) is 3.21. The predicted octanol–water partition coefficient (Wildman–Crippen LogP) is 2.75. The summed E-state index contributed by atoms with van der Waals surface area (Å²) < 4.78 is 2.07. The smallest absolute Gasteiger partial charge is 0.127 e. The highest BCUT2D eigenvalue weighted by molar-refractivity contribution is 7.18. The van der Waals surface area contributed by atoms with Gasteiger partial charge in [0.05, 0.1) is 12.0 Å². The largest absolute Gasteiger partial charge is 0.337 e. The van der Waals surface area contributed by atoms with Crippen LogP contribution < -0.4 is 0 Å². The second kappa shape index (κ2) is 4.49. The van der Waals surface area contributed by atoms with Crippen molar-refractivity contribution in [3.05, 3.63) is 41.2 Å². The van der Waals surface area contributed by atoms with Gasteiger partial charge in [0.15, 0.2) is 0 Å². The lowest BCUT2D eigenvalue weighted by atomic mass is 10.1. The summed E-state index contributed by atoms with van der Waals surface area (Å²) in [5.74, 6) is 0. The Kier molecular flexibility index (Phi) is 2.83. The van der Waals surface area contributed by atoms with E-state index < -0.39 is 0 Å². The molecular formula is C13H14N4S. The van der Waals surface area contributed by atoms with Gasteiger partial charge in [0.1, 0.15) is 11.2 Å². The number of imidazole rings is 1. The Morgan fingerprint density at radius 2 is 2.17 bits per heavy atom. The second-order valence-corrected chi connectivity index (χ2v) is 5.54. The average Bonchev–Trinajstić information content (AvgIpc) is 2.97. The number of aromatic nitrogens is 4. The number of thiophene rings is 1. The second-order valence-electron chi connectivity index (χ2n) is 4.33. The molecule has 3 heterocycles. The minimum atomic E-state index is 0.903. The van der Waals surface area contributed by atoms with Crippen LogP contribution in [0.1, 0.15) is 16.1 Å². The van der Waals surface area contributed by atoms with Gasteiger partial charge in [0.25, 0.3) is 0 Å². The first-order valence-corrected chi connectivity index (χ1v) is 6.72. The Bertz CT molecular complexity index is 670. The molecule has 3 aromatic heterocycles. The van der Waals surface area contributed by atoms with E-state index in [9.17, 15) is 0 Å². The van der Waals surface area contributed by atoms with Crippen LogP contribution in [0.3, 0.4) is 0 Å². The zero-order chi connectivity index (χ0) is 12.5. The first-order valence-electron chi connectivity index (χ1n) is 5.91. The maximum atomic E-state index is 4.44. The van der Waals surface area contributed by atoms with E-state index in [0.717, 1.165) is 23.5 Å². The average molecular weight is 258 g/mol. The van der Waals surface area contributed by atoms with Crippen molar-refractivity contribution in [3.8, 4) is 0 Å². The van der Waals surface area contributed by atoms with Crippen LogP contribution in [0.15, 0.2) is 25.0 Å². The molecule has 4 nitrogen and oxygen atoms in total. The van der Waals surface area contributed by atoms with Crippen molar-refractivity contribution in [2.45, 2.75) is 26.8 Å². The third-order valence-corrected chi connectivity index (χ3v) is 4.33. The molecule has 0 fully saturated rings. The van der Waals surface area contributed by atoms with Crippen molar-refractivity contribution in [1.82, 2.24) is 19.5 Å². The Morgan fingerprint density at radius 1 is 1.28 bits per heavy atom. The first-order chi connectivity index (χ1) is 8.75. The summed E-state index contributed by atoms with van der Waals surface area (Å²) in [6.45, 7) is 5.19. The normalized spacial score (nSPS) is 11.2. The highest BCUT2D eigenvalue weighted by atomic mass is 32.1. The number of hydrogen-bond donors (Lipinski definition) is 0. The van der Waals surface area contributed by atoms with Gasteiger partial charge in [-0.05, 0) is 19.4 Å². The van der Waals surface area contributed by atoms with Gasteiger partial charge in [-0.3, -0.25) is 0 Å². The summed E-state index contributed by atoms with van der Waals surface area (Å²) in [7, 11) is 0. The van der Waals surface area contributed by atoms with Crippen LogP contribution in [0.5, 0.6) is 0 Å². The molecule has 18 heavy (non-hydrogen) atoms. The molecule has 0 aliphatic rings. The molecule has 0 aliphatic carbocycles. The van der Waals surface area contributed by atoms with E-state index in [1.165, 1.54) is 15.8 Å². The molecule has 0 bridgehead atoms. The van der Waals surface area contributed by atoms with Gasteiger partial charge in [-0.15, -0.1) is 11.3 Å². The molecule has 0 aromatic carbocycles. The summed E-state index contributed by atoms with van der Waals surface area (Å²) in [6.07, 6.45) is 8.19. The van der Waals surface area contributed by atoms with Crippen molar-refractivity contribution >= 4 is 21.6 Å². The lowest BCUT2D eigenvalue weighted by Gasteiger charge is -2.04. The molecule has 3 rings (SSSR count). The fraction of sp³-hybridized carbons (Fsp3) is 0.308. The highest BCUT2D eigenvalue weighted by Gasteiger charge is 2.11. The predicted molar refractivity (Wildman–Crippen MR) is 72.8 cm³/mol. The monoisotopic (exact) mass is 258 g/mol. The molecule has 0 N–H and O–H groups in total. The lowest BCUT2D eigenvalue weighted by molar-refractivity contribution is 0.687. The van der Waals surface area contributed by atoms with Crippen LogP contribution in [0.2, 0.25) is 0 Å². The number of aryl methyl sites for hydroxylation is 4. The minimum absolute atomic E-state index is 0.903. The quantitative estimate of drug-likeness (QED) is 0.725. The van der Waals surface area contributed by atoms with E-state index in [1.807, 2.05) is 12.5 Å². The van der Waals surface area contributed by atoms with Crippen LogP contribution in [0.25, 0.3) is 10.2 Å². The van der Waals surface area contributed by atoms with Gasteiger partial charge in [-0.2, -0.15) is 0 Å². The van der Waals surface area contributed by atoms with E-state index in [1.54, 1.807) is 23.9 Å². The van der Waals surface area contributed by atoms with Gasteiger partial charge in [-0.25, -0.2) is 15.0 Å². The van der Waals surface area contributed by atoms with Crippen molar-refractivity contribution in [1.29, 1.82) is 0 Å². The summed E-state index contributed by atoms with van der Waals surface area (Å²) in [5, 5.41) is 1.24. The number of hydrogen-bond acceptors (Lipinski definition) is 4. The molecule has 5 heteroatoms. The van der Waals surface area contributed by atoms with Gasteiger partial charge < -0.3 is 4.57 Å². The van der Waals surface area contributed by atoms with Gasteiger partial charge in [-0.1, -0.05) is 0 Å². The fourth-order valence-electron chi connectivity index (χ4n) is 2.10. The van der Waals surface area contributed by atoms with Crippen molar-refractivity contribution in [2.24, 2.45) is 0 Å². The van der Waals surface area contributed by atoms with Gasteiger partial charge in [0.2, 0.25) is 0 Å². The molecule has 0 spiro atoms. The molecular weight excluding hydrogens is 244 g/mol. The SMILES string of the molecule is Cc1sc2ncnc(CCn3ccnc3)c2c1C. The zero-order valence-corrected chi connectivity index (χ0v) is 11.2. The molecule has 0 atom stereocenters. The van der Waals surface area contributed by atoms with Crippen LogP contribution in [-0.2, 0) is 13.0 Å². The molecule has 0 saturated heterocycles. The van der Waals surface area contributed by atoms with Crippen LogP contribution in [0.4, 0.5) is 0 Å². The molecule has 92 valence electrons. The van der Waals surface area contributed by atoms with Crippen molar-refractivity contribution < 1.29 is 0 Å². The molecule has 0 saturated carbocycles. The highest BCUT2D eigenvalue weighted by Crippen LogP contribution is 2.30. The Morgan fingerprint density at radius 3 is 2.94 bits per heavy atom. The minimum Gasteiger partial charge on any atom is -0.337 e. The number of rotatable bonds is 3. The van der Waals surface area contributed by atoms with E-state index in [-0.39, 0.29) is 0 Å². The maximum absolute atomic E-state index is 4.44. The van der Waals surface area contributed by atoms with Gasteiger partial charge >= 0.3 is 0 Å². The Hall–Kier alpha value is -1.75. The molecule has 0 unspecified atom stereocenters. The lowest BCUT2D eigenvalue weighted by Crippen LogP contribution is -2.01. The summed E-state index contributed by atoms with van der Waals surface area (Å²) in [5.41, 5.74) is 2.45. The van der Waals surface area contributed by atoms with Gasteiger partial charge in [0, 0.05) is 35.6 Å².